The molecular weight excluding hydrogens is 340 g/mol. The summed E-state index contributed by atoms with van der Waals surface area (Å²) in [5.74, 6) is 1.31. The van der Waals surface area contributed by atoms with E-state index < -0.39 is 0 Å². The van der Waals surface area contributed by atoms with E-state index in [0.717, 1.165) is 11.1 Å². The third-order valence-electron chi connectivity index (χ3n) is 3.51. The summed E-state index contributed by atoms with van der Waals surface area (Å²) in [7, 11) is 0. The third-order valence-corrected chi connectivity index (χ3v) is 3.75. The second-order valence-electron chi connectivity index (χ2n) is 5.57. The van der Waals surface area contributed by atoms with Crippen LogP contribution >= 0.6 is 11.6 Å². The molecule has 6 heteroatoms. The minimum Gasteiger partial charge on any atom is -0.483 e. The lowest BCUT2D eigenvalue weighted by atomic mass is 10.0. The zero-order chi connectivity index (χ0) is 17.6. The van der Waals surface area contributed by atoms with Crippen LogP contribution < -0.4 is 10.1 Å². The fourth-order valence-corrected chi connectivity index (χ4v) is 2.58. The van der Waals surface area contributed by atoms with Gasteiger partial charge in [0, 0.05) is 17.5 Å². The SMILES string of the molecule is Cc1cc(NC(=O)COc2ccc(Cl)cc2Cc2ccccc2)no1. The van der Waals surface area contributed by atoms with E-state index in [4.69, 9.17) is 20.9 Å². The summed E-state index contributed by atoms with van der Waals surface area (Å²) in [5.41, 5.74) is 2.06. The van der Waals surface area contributed by atoms with Gasteiger partial charge >= 0.3 is 0 Å². The number of anilines is 1. The first-order valence-electron chi connectivity index (χ1n) is 7.78. The van der Waals surface area contributed by atoms with Gasteiger partial charge in [-0.1, -0.05) is 47.1 Å². The minimum atomic E-state index is -0.311. The molecule has 0 saturated carbocycles. The molecule has 0 unspecified atom stereocenters. The van der Waals surface area contributed by atoms with Crippen LogP contribution in [0.25, 0.3) is 0 Å². The number of rotatable bonds is 6. The predicted molar refractivity (Wildman–Crippen MR) is 96.1 cm³/mol. The van der Waals surface area contributed by atoms with Crippen molar-refractivity contribution < 1.29 is 14.1 Å². The number of halogens is 1. The maximum absolute atomic E-state index is 12.0. The lowest BCUT2D eigenvalue weighted by molar-refractivity contribution is -0.118. The van der Waals surface area contributed by atoms with Gasteiger partial charge in [0.15, 0.2) is 12.4 Å². The van der Waals surface area contributed by atoms with E-state index in [1.807, 2.05) is 36.4 Å². The van der Waals surface area contributed by atoms with Crippen molar-refractivity contribution in [2.24, 2.45) is 0 Å². The van der Waals surface area contributed by atoms with Crippen molar-refractivity contribution in [2.45, 2.75) is 13.3 Å². The number of aromatic nitrogens is 1. The van der Waals surface area contributed by atoms with E-state index in [0.29, 0.717) is 28.8 Å². The van der Waals surface area contributed by atoms with Crippen LogP contribution in [0, 0.1) is 6.92 Å². The van der Waals surface area contributed by atoms with Crippen molar-refractivity contribution >= 4 is 23.3 Å². The summed E-state index contributed by atoms with van der Waals surface area (Å²) in [6.45, 7) is 1.62. The van der Waals surface area contributed by atoms with Crippen LogP contribution in [0.2, 0.25) is 5.02 Å². The molecule has 3 aromatic rings. The van der Waals surface area contributed by atoms with Crippen LogP contribution in [0.4, 0.5) is 5.82 Å². The lowest BCUT2D eigenvalue weighted by Gasteiger charge is -2.12. The van der Waals surface area contributed by atoms with E-state index in [2.05, 4.69) is 10.5 Å². The number of benzene rings is 2. The van der Waals surface area contributed by atoms with Gasteiger partial charge in [-0.15, -0.1) is 0 Å². The number of nitrogens with one attached hydrogen (secondary N) is 1. The molecule has 1 aromatic heterocycles. The van der Waals surface area contributed by atoms with Crippen LogP contribution in [0.3, 0.4) is 0 Å². The Labute approximate surface area is 150 Å². The largest absolute Gasteiger partial charge is 0.483 e. The Morgan fingerprint density at radius 3 is 2.72 bits per heavy atom. The Balaban J connectivity index is 1.66. The second-order valence-corrected chi connectivity index (χ2v) is 6.01. The molecule has 0 radical (unpaired) electrons. The maximum Gasteiger partial charge on any atom is 0.263 e. The lowest BCUT2D eigenvalue weighted by Crippen LogP contribution is -2.20. The average molecular weight is 357 g/mol. The maximum atomic E-state index is 12.0. The molecule has 3 rings (SSSR count). The number of ether oxygens (including phenoxy) is 1. The van der Waals surface area contributed by atoms with Gasteiger partial charge < -0.3 is 14.6 Å². The highest BCUT2D eigenvalue weighted by molar-refractivity contribution is 6.30. The van der Waals surface area contributed by atoms with Crippen molar-refractivity contribution in [3.05, 3.63) is 76.5 Å². The number of hydrogen-bond donors (Lipinski definition) is 1. The number of carbonyl (C=O) groups is 1. The highest BCUT2D eigenvalue weighted by atomic mass is 35.5. The van der Waals surface area contributed by atoms with Crippen molar-refractivity contribution in [2.75, 3.05) is 11.9 Å². The summed E-state index contributed by atoms with van der Waals surface area (Å²) < 4.78 is 10.6. The molecule has 0 aliphatic heterocycles. The molecule has 0 aliphatic carbocycles. The van der Waals surface area contributed by atoms with Crippen LogP contribution in [0.1, 0.15) is 16.9 Å². The molecule has 1 N–H and O–H groups in total. The predicted octanol–water partition coefficient (Wildman–Crippen LogP) is 4.24. The molecule has 128 valence electrons. The Hall–Kier alpha value is -2.79. The number of carbonyl (C=O) groups excluding carboxylic acids is 1. The van der Waals surface area contributed by atoms with E-state index >= 15 is 0 Å². The minimum absolute atomic E-state index is 0.130. The molecule has 0 atom stereocenters. The summed E-state index contributed by atoms with van der Waals surface area (Å²) in [6.07, 6.45) is 0.667. The van der Waals surface area contributed by atoms with Crippen LogP contribution in [-0.4, -0.2) is 17.7 Å². The van der Waals surface area contributed by atoms with Gasteiger partial charge in [0.25, 0.3) is 5.91 Å². The second kappa shape index (κ2) is 7.85. The smallest absolute Gasteiger partial charge is 0.263 e. The van der Waals surface area contributed by atoms with Gasteiger partial charge in [0.1, 0.15) is 11.5 Å². The number of aryl methyl sites for hydroxylation is 1. The summed E-state index contributed by atoms with van der Waals surface area (Å²) >= 11 is 6.10. The molecule has 5 nitrogen and oxygen atoms in total. The molecule has 2 aromatic carbocycles. The zero-order valence-electron chi connectivity index (χ0n) is 13.7. The Kier molecular flexibility index (Phi) is 5.36. The summed E-state index contributed by atoms with van der Waals surface area (Å²) in [4.78, 5) is 12.0. The van der Waals surface area contributed by atoms with Crippen molar-refractivity contribution in [3.8, 4) is 5.75 Å². The molecule has 0 bridgehead atoms. The fourth-order valence-electron chi connectivity index (χ4n) is 2.39. The van der Waals surface area contributed by atoms with Gasteiger partial charge in [-0.05, 0) is 36.2 Å². The number of amides is 1. The van der Waals surface area contributed by atoms with Crippen LogP contribution in [0.5, 0.6) is 5.75 Å². The standard InChI is InChI=1S/C19H17ClN2O3/c1-13-9-18(22-25-13)21-19(23)12-24-17-8-7-16(20)11-15(17)10-14-5-3-2-4-6-14/h2-9,11H,10,12H2,1H3,(H,21,22,23). The first-order chi connectivity index (χ1) is 12.1. The molecule has 25 heavy (non-hydrogen) atoms. The topological polar surface area (TPSA) is 64.4 Å². The van der Waals surface area contributed by atoms with Crippen LogP contribution in [0.15, 0.2) is 59.1 Å². The molecule has 0 aliphatic rings. The Bertz CT molecular complexity index is 862. The Morgan fingerprint density at radius 1 is 1.20 bits per heavy atom. The van der Waals surface area contributed by atoms with E-state index in [9.17, 15) is 4.79 Å². The monoisotopic (exact) mass is 356 g/mol. The van der Waals surface area contributed by atoms with E-state index in [1.165, 1.54) is 0 Å². The van der Waals surface area contributed by atoms with Gasteiger partial charge in [-0.2, -0.15) is 0 Å². The fraction of sp³-hybridized carbons (Fsp3) is 0.158. The Morgan fingerprint density at radius 2 is 2.00 bits per heavy atom. The van der Waals surface area contributed by atoms with Crippen molar-refractivity contribution in [1.29, 1.82) is 0 Å². The van der Waals surface area contributed by atoms with Gasteiger partial charge in [0.05, 0.1) is 0 Å². The van der Waals surface area contributed by atoms with Gasteiger partial charge in [-0.25, -0.2) is 0 Å². The molecule has 0 spiro atoms. The van der Waals surface area contributed by atoms with Crippen LogP contribution in [-0.2, 0) is 11.2 Å². The van der Waals surface area contributed by atoms with Gasteiger partial charge in [0.2, 0.25) is 0 Å². The number of nitrogens with zero attached hydrogens (tertiary/aromatic N) is 1. The molecule has 0 saturated heterocycles. The molecular formula is C19H17ClN2O3. The van der Waals surface area contributed by atoms with Crippen molar-refractivity contribution in [3.63, 3.8) is 0 Å². The molecule has 1 amide bonds. The quantitative estimate of drug-likeness (QED) is 0.717. The first kappa shape index (κ1) is 17.0. The highest BCUT2D eigenvalue weighted by Crippen LogP contribution is 2.25. The average Bonchev–Trinajstić information content (AvgIpc) is 3.00. The normalized spacial score (nSPS) is 10.5. The van der Waals surface area contributed by atoms with E-state index in [1.54, 1.807) is 25.1 Å². The van der Waals surface area contributed by atoms with Crippen molar-refractivity contribution in [1.82, 2.24) is 5.16 Å². The molecule has 0 fully saturated rings. The third kappa shape index (κ3) is 4.84. The summed E-state index contributed by atoms with van der Waals surface area (Å²) in [6, 6.07) is 17.0. The first-order valence-corrected chi connectivity index (χ1v) is 8.16. The molecule has 1 heterocycles. The highest BCUT2D eigenvalue weighted by Gasteiger charge is 2.10. The zero-order valence-corrected chi connectivity index (χ0v) is 14.4. The summed E-state index contributed by atoms with van der Waals surface area (Å²) in [5, 5.41) is 6.96. The van der Waals surface area contributed by atoms with E-state index in [-0.39, 0.29) is 12.5 Å². The van der Waals surface area contributed by atoms with Gasteiger partial charge in [-0.3, -0.25) is 4.79 Å². The number of hydrogen-bond acceptors (Lipinski definition) is 4.